The number of halogens is 1. The van der Waals surface area contributed by atoms with Gasteiger partial charge in [0.05, 0.1) is 0 Å². The van der Waals surface area contributed by atoms with Crippen LogP contribution in [-0.4, -0.2) is 44.1 Å². The van der Waals surface area contributed by atoms with E-state index in [0.717, 1.165) is 11.1 Å². The Morgan fingerprint density at radius 2 is 1.70 bits per heavy atom. The fourth-order valence-electron chi connectivity index (χ4n) is 3.09. The van der Waals surface area contributed by atoms with Crippen LogP contribution in [0.4, 0.5) is 10.5 Å². The third-order valence-corrected chi connectivity index (χ3v) is 6.51. The number of urea groups is 1. The molecule has 7 nitrogen and oxygen atoms in total. The monoisotopic (exact) mass is 415 g/mol. The summed E-state index contributed by atoms with van der Waals surface area (Å²) in [6.45, 7) is 7.94. The SMILES string of the molecule is CC(C)c1cc(Cl)cc(C(C)C)c1NC(=O)NS(=O)(=O)C1CC(=O)N(C)C1. The quantitative estimate of drug-likeness (QED) is 0.771. The van der Waals surface area contributed by atoms with E-state index in [1.807, 2.05) is 32.4 Å². The van der Waals surface area contributed by atoms with Crippen LogP contribution in [0.1, 0.15) is 57.1 Å². The summed E-state index contributed by atoms with van der Waals surface area (Å²) in [6.07, 6.45) is -0.130. The summed E-state index contributed by atoms with van der Waals surface area (Å²) in [7, 11) is -2.43. The second-order valence-electron chi connectivity index (χ2n) is 7.47. The van der Waals surface area contributed by atoms with Crippen molar-refractivity contribution < 1.29 is 18.0 Å². The lowest BCUT2D eigenvalue weighted by Gasteiger charge is -2.21. The number of carbonyl (C=O) groups is 2. The standard InChI is InChI=1S/C18H26ClN3O4S/c1-10(2)14-6-12(19)7-15(11(3)4)17(14)20-18(24)21-27(25,26)13-8-16(23)22(5)9-13/h6-7,10-11,13H,8-9H2,1-5H3,(H2,20,21,24). The molecule has 1 unspecified atom stereocenters. The van der Waals surface area contributed by atoms with E-state index in [9.17, 15) is 18.0 Å². The fourth-order valence-corrected chi connectivity index (χ4v) is 4.58. The van der Waals surface area contributed by atoms with Crippen molar-refractivity contribution >= 4 is 39.2 Å². The number of sulfonamides is 1. The summed E-state index contributed by atoms with van der Waals surface area (Å²) in [5, 5.41) is 2.30. The Morgan fingerprint density at radius 3 is 2.11 bits per heavy atom. The summed E-state index contributed by atoms with van der Waals surface area (Å²) < 4.78 is 26.9. The predicted molar refractivity (Wildman–Crippen MR) is 107 cm³/mol. The maximum absolute atomic E-state index is 12.4. The smallest absolute Gasteiger partial charge is 0.332 e. The van der Waals surface area contributed by atoms with E-state index in [4.69, 9.17) is 11.6 Å². The van der Waals surface area contributed by atoms with Crippen LogP contribution >= 0.6 is 11.6 Å². The zero-order chi connectivity index (χ0) is 20.5. The van der Waals surface area contributed by atoms with E-state index < -0.39 is 21.3 Å². The van der Waals surface area contributed by atoms with Gasteiger partial charge in [-0.15, -0.1) is 0 Å². The molecule has 0 radical (unpaired) electrons. The Bertz CT molecular complexity index is 823. The lowest BCUT2D eigenvalue weighted by Crippen LogP contribution is -2.41. The highest BCUT2D eigenvalue weighted by Gasteiger charge is 2.37. The maximum atomic E-state index is 12.4. The first-order valence-corrected chi connectivity index (χ1v) is 10.7. The van der Waals surface area contributed by atoms with E-state index in [2.05, 4.69) is 5.32 Å². The zero-order valence-electron chi connectivity index (χ0n) is 16.2. The first-order valence-electron chi connectivity index (χ1n) is 8.82. The van der Waals surface area contributed by atoms with Crippen LogP contribution in [-0.2, 0) is 14.8 Å². The van der Waals surface area contributed by atoms with Gasteiger partial charge in [-0.05, 0) is 35.1 Å². The van der Waals surface area contributed by atoms with E-state index in [0.29, 0.717) is 10.7 Å². The van der Waals surface area contributed by atoms with Crippen molar-refractivity contribution in [2.24, 2.45) is 0 Å². The Hall–Kier alpha value is -1.80. The maximum Gasteiger partial charge on any atom is 0.332 e. The molecule has 2 N–H and O–H groups in total. The van der Waals surface area contributed by atoms with E-state index in [1.165, 1.54) is 11.9 Å². The van der Waals surface area contributed by atoms with Gasteiger partial charge < -0.3 is 10.2 Å². The minimum absolute atomic E-state index is 0.0663. The van der Waals surface area contributed by atoms with Gasteiger partial charge in [0.25, 0.3) is 0 Å². The van der Waals surface area contributed by atoms with Crippen molar-refractivity contribution in [2.45, 2.75) is 51.2 Å². The zero-order valence-corrected chi connectivity index (χ0v) is 17.7. The van der Waals surface area contributed by atoms with Gasteiger partial charge in [-0.3, -0.25) is 4.79 Å². The summed E-state index contributed by atoms with van der Waals surface area (Å²) in [5.41, 5.74) is 2.22. The molecule has 9 heteroatoms. The number of nitrogens with zero attached hydrogens (tertiary/aromatic N) is 1. The average molecular weight is 416 g/mol. The van der Waals surface area contributed by atoms with Crippen LogP contribution in [0.5, 0.6) is 0 Å². The lowest BCUT2D eigenvalue weighted by molar-refractivity contribution is -0.126. The van der Waals surface area contributed by atoms with Gasteiger partial charge in [-0.2, -0.15) is 0 Å². The van der Waals surface area contributed by atoms with Crippen molar-refractivity contribution in [3.63, 3.8) is 0 Å². The lowest BCUT2D eigenvalue weighted by atomic mass is 9.92. The van der Waals surface area contributed by atoms with Crippen LogP contribution < -0.4 is 10.0 Å². The summed E-state index contributed by atoms with van der Waals surface area (Å²) in [4.78, 5) is 25.4. The highest BCUT2D eigenvalue weighted by molar-refractivity contribution is 7.90. The molecular weight excluding hydrogens is 390 g/mol. The second-order valence-corrected chi connectivity index (χ2v) is 9.87. The molecule has 1 heterocycles. The Labute approximate surface area is 165 Å². The molecule has 0 saturated carbocycles. The molecule has 1 saturated heterocycles. The molecule has 0 aromatic heterocycles. The van der Waals surface area contributed by atoms with Crippen LogP contribution in [0.3, 0.4) is 0 Å². The molecule has 1 aromatic rings. The molecule has 0 bridgehead atoms. The molecule has 1 aromatic carbocycles. The Balaban J connectivity index is 2.26. The number of amides is 3. The van der Waals surface area contributed by atoms with Gasteiger partial charge in [0, 0.05) is 30.7 Å². The number of anilines is 1. The molecule has 150 valence electrons. The third kappa shape index (κ3) is 4.93. The molecule has 1 aliphatic heterocycles. The van der Waals surface area contributed by atoms with Crippen LogP contribution in [0.15, 0.2) is 12.1 Å². The van der Waals surface area contributed by atoms with Gasteiger partial charge >= 0.3 is 6.03 Å². The van der Waals surface area contributed by atoms with Crippen LogP contribution in [0.25, 0.3) is 0 Å². The van der Waals surface area contributed by atoms with Crippen molar-refractivity contribution in [2.75, 3.05) is 18.9 Å². The van der Waals surface area contributed by atoms with Crippen molar-refractivity contribution in [3.05, 3.63) is 28.3 Å². The van der Waals surface area contributed by atoms with Gasteiger partial charge in [0.1, 0.15) is 5.25 Å². The first kappa shape index (κ1) is 21.5. The number of hydrogen-bond donors (Lipinski definition) is 2. The number of rotatable bonds is 5. The molecular formula is C18H26ClN3O4S. The highest BCUT2D eigenvalue weighted by atomic mass is 35.5. The molecule has 0 spiro atoms. The summed E-state index contributed by atoms with van der Waals surface area (Å²) in [5.74, 6) is -0.101. The molecule has 0 aliphatic carbocycles. The molecule has 1 aliphatic rings. The minimum atomic E-state index is -3.97. The number of hydrogen-bond acceptors (Lipinski definition) is 4. The normalized spacial score (nSPS) is 17.7. The van der Waals surface area contributed by atoms with Gasteiger partial charge in [0.15, 0.2) is 0 Å². The van der Waals surface area contributed by atoms with Gasteiger partial charge in [0.2, 0.25) is 15.9 Å². The largest absolute Gasteiger partial charge is 0.344 e. The molecule has 27 heavy (non-hydrogen) atoms. The molecule has 3 amide bonds. The number of likely N-dealkylation sites (tertiary alicyclic amines) is 1. The minimum Gasteiger partial charge on any atom is -0.344 e. The van der Waals surface area contributed by atoms with E-state index in [-0.39, 0.29) is 30.7 Å². The molecule has 1 atom stereocenters. The second kappa shape index (κ2) is 8.06. The molecule has 1 fully saturated rings. The summed E-state index contributed by atoms with van der Waals surface area (Å²) in [6, 6.07) is 2.70. The van der Waals surface area contributed by atoms with Crippen molar-refractivity contribution in [3.8, 4) is 0 Å². The number of carbonyl (C=O) groups excluding carboxylic acids is 2. The number of benzene rings is 1. The van der Waals surface area contributed by atoms with Crippen molar-refractivity contribution in [1.82, 2.24) is 9.62 Å². The van der Waals surface area contributed by atoms with Gasteiger partial charge in [-0.25, -0.2) is 17.9 Å². The Kier molecular flexibility index (Phi) is 6.42. The first-order chi connectivity index (χ1) is 12.4. The third-order valence-electron chi connectivity index (χ3n) is 4.63. The topological polar surface area (TPSA) is 95.6 Å². The van der Waals surface area contributed by atoms with Gasteiger partial charge in [-0.1, -0.05) is 39.3 Å². The van der Waals surface area contributed by atoms with E-state index in [1.54, 1.807) is 12.1 Å². The predicted octanol–water partition coefficient (Wildman–Crippen LogP) is 3.27. The molecule has 2 rings (SSSR count). The number of nitrogens with one attached hydrogen (secondary N) is 2. The van der Waals surface area contributed by atoms with Crippen LogP contribution in [0, 0.1) is 0 Å². The average Bonchev–Trinajstić information content (AvgIpc) is 2.88. The fraction of sp³-hybridized carbons (Fsp3) is 0.556. The highest BCUT2D eigenvalue weighted by Crippen LogP contribution is 2.35. The Morgan fingerprint density at radius 1 is 1.19 bits per heavy atom. The summed E-state index contributed by atoms with van der Waals surface area (Å²) >= 11 is 6.21. The van der Waals surface area contributed by atoms with Crippen molar-refractivity contribution in [1.29, 1.82) is 0 Å². The van der Waals surface area contributed by atoms with E-state index >= 15 is 0 Å². The van der Waals surface area contributed by atoms with Crippen LogP contribution in [0.2, 0.25) is 5.02 Å².